The average molecular weight is 542 g/mol. The van der Waals surface area contributed by atoms with E-state index in [1.165, 1.54) is 36.0 Å². The fraction of sp³-hybridized carbons (Fsp3) is 0.192. The summed E-state index contributed by atoms with van der Waals surface area (Å²) >= 11 is 1.40. The molecule has 0 saturated carbocycles. The second-order valence-corrected chi connectivity index (χ2v) is 9.27. The number of nitrogens with zero attached hydrogens (tertiary/aromatic N) is 4. The number of carbonyl (C=O) groups excluding carboxylic acids is 1. The number of rotatable bonds is 10. The molecule has 1 aromatic heterocycles. The van der Waals surface area contributed by atoms with E-state index in [9.17, 15) is 28.1 Å². The van der Waals surface area contributed by atoms with Crippen molar-refractivity contribution in [3.05, 3.63) is 100 Å². The van der Waals surface area contributed by atoms with E-state index >= 15 is 0 Å². The second-order valence-electron chi connectivity index (χ2n) is 8.21. The van der Waals surface area contributed by atoms with Crippen LogP contribution >= 0.6 is 11.8 Å². The fourth-order valence-electron chi connectivity index (χ4n) is 3.64. The number of thioether (sulfide) groups is 1. The largest absolute Gasteiger partial charge is 0.416 e. The van der Waals surface area contributed by atoms with Crippen LogP contribution in [0.3, 0.4) is 0 Å². The Kier molecular flexibility index (Phi) is 8.41. The van der Waals surface area contributed by atoms with Crippen molar-refractivity contribution in [1.29, 1.82) is 0 Å². The third-order valence-corrected chi connectivity index (χ3v) is 6.52. The lowest BCUT2D eigenvalue weighted by atomic mass is 10.1. The smallest absolute Gasteiger partial charge is 0.352 e. The molecule has 1 heterocycles. The SMILES string of the molecule is O=C(CCCSc1nnc(-c2ccc([N+](=O)[O-])cc2)n1-c1ccccc1)NCc1cccc(C(F)(F)F)c1. The number of non-ortho nitro benzene ring substituents is 1. The minimum atomic E-state index is -4.43. The Morgan fingerprint density at radius 3 is 2.42 bits per heavy atom. The predicted octanol–water partition coefficient (Wildman–Crippen LogP) is 6.05. The van der Waals surface area contributed by atoms with E-state index in [1.807, 2.05) is 34.9 Å². The molecule has 8 nitrogen and oxygen atoms in total. The van der Waals surface area contributed by atoms with Gasteiger partial charge in [-0.15, -0.1) is 10.2 Å². The summed E-state index contributed by atoms with van der Waals surface area (Å²) in [6, 6.07) is 20.3. The van der Waals surface area contributed by atoms with Crippen LogP contribution in [0.1, 0.15) is 24.0 Å². The average Bonchev–Trinajstić information content (AvgIpc) is 3.34. The van der Waals surface area contributed by atoms with Crippen molar-refractivity contribution in [3.8, 4) is 17.1 Å². The number of carbonyl (C=O) groups is 1. The summed E-state index contributed by atoms with van der Waals surface area (Å²) in [7, 11) is 0. The number of nitrogens with one attached hydrogen (secondary N) is 1. The lowest BCUT2D eigenvalue weighted by Gasteiger charge is -2.11. The number of aromatic nitrogens is 3. The summed E-state index contributed by atoms with van der Waals surface area (Å²) in [4.78, 5) is 22.8. The molecule has 0 radical (unpaired) electrons. The molecule has 0 unspecified atom stereocenters. The van der Waals surface area contributed by atoms with E-state index in [0.717, 1.165) is 17.8 Å². The molecule has 0 aliphatic heterocycles. The monoisotopic (exact) mass is 541 g/mol. The summed E-state index contributed by atoms with van der Waals surface area (Å²) in [6.07, 6.45) is -3.73. The number of benzene rings is 3. The maximum Gasteiger partial charge on any atom is 0.416 e. The number of hydrogen-bond acceptors (Lipinski definition) is 6. The number of para-hydroxylation sites is 1. The van der Waals surface area contributed by atoms with Gasteiger partial charge < -0.3 is 5.32 Å². The van der Waals surface area contributed by atoms with Crippen LogP contribution in [0.2, 0.25) is 0 Å². The van der Waals surface area contributed by atoms with Crippen molar-refractivity contribution in [2.75, 3.05) is 5.75 Å². The lowest BCUT2D eigenvalue weighted by Crippen LogP contribution is -2.22. The molecule has 0 aliphatic rings. The van der Waals surface area contributed by atoms with Crippen molar-refractivity contribution >= 4 is 23.4 Å². The van der Waals surface area contributed by atoms with E-state index in [-0.39, 0.29) is 24.6 Å². The molecule has 0 spiro atoms. The van der Waals surface area contributed by atoms with Crippen molar-refractivity contribution in [2.24, 2.45) is 0 Å². The maximum atomic E-state index is 12.9. The first-order valence-corrected chi connectivity index (χ1v) is 12.5. The van der Waals surface area contributed by atoms with Crippen molar-refractivity contribution in [2.45, 2.75) is 30.7 Å². The highest BCUT2D eigenvalue weighted by Crippen LogP contribution is 2.30. The van der Waals surface area contributed by atoms with Gasteiger partial charge in [0.2, 0.25) is 5.91 Å². The van der Waals surface area contributed by atoms with E-state index in [0.29, 0.717) is 34.3 Å². The molecule has 1 N–H and O–H groups in total. The Hall–Kier alpha value is -4.19. The zero-order valence-electron chi connectivity index (χ0n) is 19.9. The molecule has 4 aromatic rings. The highest BCUT2D eigenvalue weighted by Gasteiger charge is 2.30. The van der Waals surface area contributed by atoms with Crippen LogP contribution in [-0.4, -0.2) is 31.3 Å². The minimum Gasteiger partial charge on any atom is -0.352 e. The molecule has 0 bridgehead atoms. The molecule has 4 rings (SSSR count). The predicted molar refractivity (Wildman–Crippen MR) is 137 cm³/mol. The van der Waals surface area contributed by atoms with Crippen molar-refractivity contribution < 1.29 is 22.9 Å². The van der Waals surface area contributed by atoms with E-state index in [2.05, 4.69) is 15.5 Å². The van der Waals surface area contributed by atoms with Gasteiger partial charge in [0, 0.05) is 42.1 Å². The number of alkyl halides is 3. The molecular weight excluding hydrogens is 519 g/mol. The van der Waals surface area contributed by atoms with Crippen LogP contribution in [0.4, 0.5) is 18.9 Å². The van der Waals surface area contributed by atoms with Crippen molar-refractivity contribution in [1.82, 2.24) is 20.1 Å². The first-order valence-electron chi connectivity index (χ1n) is 11.5. The van der Waals surface area contributed by atoms with Gasteiger partial charge in [-0.1, -0.05) is 42.1 Å². The Morgan fingerprint density at radius 1 is 1.00 bits per heavy atom. The van der Waals surface area contributed by atoms with Gasteiger partial charge in [0.1, 0.15) is 0 Å². The minimum absolute atomic E-state index is 0.0107. The number of amides is 1. The molecule has 0 saturated heterocycles. The molecule has 0 fully saturated rings. The van der Waals surface area contributed by atoms with Crippen LogP contribution in [0.5, 0.6) is 0 Å². The molecule has 0 aliphatic carbocycles. The van der Waals surface area contributed by atoms with Crippen LogP contribution < -0.4 is 5.32 Å². The van der Waals surface area contributed by atoms with Gasteiger partial charge in [0.15, 0.2) is 11.0 Å². The lowest BCUT2D eigenvalue weighted by molar-refractivity contribution is -0.384. The summed E-state index contributed by atoms with van der Waals surface area (Å²) in [5.74, 6) is 0.800. The standard InChI is InChI=1S/C26H22F3N5O3S/c27-26(28,29)20-7-4-6-18(16-20)17-30-23(35)10-5-15-38-25-32-31-24(33(25)21-8-2-1-3-9-21)19-11-13-22(14-12-19)34(36)37/h1-4,6-9,11-14,16H,5,10,15,17H2,(H,30,35). The quantitative estimate of drug-likeness (QED) is 0.113. The van der Waals surface area contributed by atoms with E-state index in [1.54, 1.807) is 12.1 Å². The van der Waals surface area contributed by atoms with Gasteiger partial charge in [0.25, 0.3) is 5.69 Å². The van der Waals surface area contributed by atoms with Gasteiger partial charge in [0.05, 0.1) is 10.5 Å². The molecule has 3 aromatic carbocycles. The highest BCUT2D eigenvalue weighted by atomic mass is 32.2. The van der Waals surface area contributed by atoms with Crippen LogP contribution in [0.15, 0.2) is 84.0 Å². The summed E-state index contributed by atoms with van der Waals surface area (Å²) in [5, 5.41) is 22.8. The first kappa shape index (κ1) is 26.9. The number of nitro groups is 1. The molecule has 38 heavy (non-hydrogen) atoms. The second kappa shape index (κ2) is 11.9. The Morgan fingerprint density at radius 2 is 1.74 bits per heavy atom. The zero-order valence-corrected chi connectivity index (χ0v) is 20.7. The fourth-order valence-corrected chi connectivity index (χ4v) is 4.53. The summed E-state index contributed by atoms with van der Waals surface area (Å²) < 4.78 is 40.4. The Labute approximate surface area is 220 Å². The van der Waals surface area contributed by atoms with Gasteiger partial charge >= 0.3 is 6.18 Å². The number of nitro benzene ring substituents is 1. The van der Waals surface area contributed by atoms with Gasteiger partial charge in [-0.25, -0.2) is 0 Å². The number of halogens is 3. The van der Waals surface area contributed by atoms with E-state index < -0.39 is 16.7 Å². The third kappa shape index (κ3) is 6.76. The van der Waals surface area contributed by atoms with Gasteiger partial charge in [-0.05, 0) is 48.4 Å². The third-order valence-electron chi connectivity index (χ3n) is 5.51. The zero-order chi connectivity index (χ0) is 27.1. The molecule has 0 atom stereocenters. The molecule has 196 valence electrons. The van der Waals surface area contributed by atoms with E-state index in [4.69, 9.17) is 0 Å². The van der Waals surface area contributed by atoms with Crippen molar-refractivity contribution in [3.63, 3.8) is 0 Å². The summed E-state index contributed by atoms with van der Waals surface area (Å²) in [5.41, 5.74) is 1.06. The van der Waals surface area contributed by atoms with Crippen LogP contribution in [-0.2, 0) is 17.5 Å². The summed E-state index contributed by atoms with van der Waals surface area (Å²) in [6.45, 7) is 0.0107. The Balaban J connectivity index is 1.37. The first-order chi connectivity index (χ1) is 18.2. The topological polar surface area (TPSA) is 103 Å². The molecular formula is C26H22F3N5O3S. The molecule has 12 heteroatoms. The molecule has 1 amide bonds. The Bertz CT molecular complexity index is 1410. The van der Waals surface area contributed by atoms with Crippen LogP contribution in [0.25, 0.3) is 17.1 Å². The van der Waals surface area contributed by atoms with Gasteiger partial charge in [-0.2, -0.15) is 13.2 Å². The normalized spacial score (nSPS) is 11.3. The van der Waals surface area contributed by atoms with Crippen LogP contribution in [0, 0.1) is 10.1 Å². The highest BCUT2D eigenvalue weighted by molar-refractivity contribution is 7.99. The maximum absolute atomic E-state index is 12.9. The van der Waals surface area contributed by atoms with Gasteiger partial charge in [-0.3, -0.25) is 19.5 Å². The number of hydrogen-bond donors (Lipinski definition) is 1.